The van der Waals surface area contributed by atoms with E-state index in [4.69, 9.17) is 5.73 Å². The minimum atomic E-state index is 0.213. The van der Waals surface area contributed by atoms with Gasteiger partial charge in [0.1, 0.15) is 0 Å². The van der Waals surface area contributed by atoms with Crippen LogP contribution in [0.5, 0.6) is 0 Å². The molecule has 0 radical (unpaired) electrons. The molecule has 0 aromatic carbocycles. The summed E-state index contributed by atoms with van der Waals surface area (Å²) in [6, 6.07) is 0.213. The maximum absolute atomic E-state index is 5.76. The smallest absolute Gasteiger partial charge is 0.0267 e. The molecule has 0 heterocycles. The lowest BCUT2D eigenvalue weighted by Gasteiger charge is -2.13. The van der Waals surface area contributed by atoms with Crippen LogP contribution in [-0.4, -0.2) is 6.04 Å². The van der Waals surface area contributed by atoms with Gasteiger partial charge in [0, 0.05) is 6.04 Å². The van der Waals surface area contributed by atoms with Crippen LogP contribution in [0.25, 0.3) is 0 Å². The van der Waals surface area contributed by atoms with Crippen LogP contribution in [0.15, 0.2) is 35.5 Å². The summed E-state index contributed by atoms with van der Waals surface area (Å²) in [6.07, 6.45) is 9.44. The van der Waals surface area contributed by atoms with Gasteiger partial charge in [0.25, 0.3) is 0 Å². The lowest BCUT2D eigenvalue weighted by atomic mass is 9.96. The lowest BCUT2D eigenvalue weighted by Crippen LogP contribution is -2.18. The molecule has 60 valence electrons. The average molecular weight is 149 g/mol. The van der Waals surface area contributed by atoms with Crippen molar-refractivity contribution in [2.75, 3.05) is 0 Å². The summed E-state index contributed by atoms with van der Waals surface area (Å²) in [7, 11) is 0. The number of hydrogen-bond acceptors (Lipinski definition) is 1. The van der Waals surface area contributed by atoms with E-state index in [1.807, 2.05) is 13.0 Å². The summed E-state index contributed by atoms with van der Waals surface area (Å²) >= 11 is 0. The highest BCUT2D eigenvalue weighted by Crippen LogP contribution is 2.18. The molecule has 0 aromatic heterocycles. The van der Waals surface area contributed by atoms with Crippen LogP contribution in [0.4, 0.5) is 0 Å². The quantitative estimate of drug-likeness (QED) is 0.607. The van der Waals surface area contributed by atoms with Gasteiger partial charge in [0.2, 0.25) is 0 Å². The van der Waals surface area contributed by atoms with E-state index in [-0.39, 0.29) is 6.04 Å². The van der Waals surface area contributed by atoms with E-state index in [0.29, 0.717) is 0 Å². The fourth-order valence-electron chi connectivity index (χ4n) is 1.23. The molecule has 0 amide bonds. The lowest BCUT2D eigenvalue weighted by molar-refractivity contribution is 0.811. The third-order valence-corrected chi connectivity index (χ3v) is 1.89. The minimum Gasteiger partial charge on any atom is -0.324 e. The fraction of sp³-hybridized carbons (Fsp3) is 0.400. The fourth-order valence-corrected chi connectivity index (χ4v) is 1.23. The van der Waals surface area contributed by atoms with Crippen molar-refractivity contribution in [2.24, 2.45) is 5.73 Å². The Morgan fingerprint density at radius 1 is 1.64 bits per heavy atom. The first kappa shape index (κ1) is 8.28. The molecule has 0 fully saturated rings. The SMILES string of the molecule is C/C=C\C1=CC(N)CC=C1C. The van der Waals surface area contributed by atoms with Crippen molar-refractivity contribution >= 4 is 0 Å². The highest BCUT2D eigenvalue weighted by Gasteiger charge is 2.05. The molecule has 0 bridgehead atoms. The molecule has 1 aliphatic carbocycles. The van der Waals surface area contributed by atoms with Crippen molar-refractivity contribution in [1.29, 1.82) is 0 Å². The third kappa shape index (κ3) is 2.05. The average Bonchev–Trinajstić information content (AvgIpc) is 1.98. The summed E-state index contributed by atoms with van der Waals surface area (Å²) in [5.41, 5.74) is 8.37. The second-order valence-electron chi connectivity index (χ2n) is 2.91. The predicted molar refractivity (Wildman–Crippen MR) is 49.2 cm³/mol. The van der Waals surface area contributed by atoms with E-state index in [0.717, 1.165) is 6.42 Å². The molecule has 11 heavy (non-hydrogen) atoms. The maximum atomic E-state index is 5.76. The molecule has 1 heteroatoms. The first-order valence-electron chi connectivity index (χ1n) is 4.01. The summed E-state index contributed by atoms with van der Waals surface area (Å²) in [5.74, 6) is 0. The highest BCUT2D eigenvalue weighted by atomic mass is 14.6. The van der Waals surface area contributed by atoms with Crippen molar-refractivity contribution in [2.45, 2.75) is 26.3 Å². The van der Waals surface area contributed by atoms with Gasteiger partial charge in [-0.05, 0) is 31.4 Å². The Morgan fingerprint density at radius 3 is 3.00 bits per heavy atom. The van der Waals surface area contributed by atoms with Gasteiger partial charge < -0.3 is 5.73 Å². The van der Waals surface area contributed by atoms with Crippen molar-refractivity contribution in [3.8, 4) is 0 Å². The second-order valence-corrected chi connectivity index (χ2v) is 2.91. The molecule has 0 aromatic rings. The maximum Gasteiger partial charge on any atom is 0.0267 e. The molecule has 0 saturated carbocycles. The third-order valence-electron chi connectivity index (χ3n) is 1.89. The molecular formula is C10H15N. The molecule has 1 unspecified atom stereocenters. The number of rotatable bonds is 1. The van der Waals surface area contributed by atoms with Crippen molar-refractivity contribution in [1.82, 2.24) is 0 Å². The van der Waals surface area contributed by atoms with Gasteiger partial charge in [-0.3, -0.25) is 0 Å². The van der Waals surface area contributed by atoms with Gasteiger partial charge in [-0.15, -0.1) is 0 Å². The Morgan fingerprint density at radius 2 is 2.36 bits per heavy atom. The predicted octanol–water partition coefficient (Wildman–Crippen LogP) is 2.17. The first-order chi connectivity index (χ1) is 5.24. The van der Waals surface area contributed by atoms with Gasteiger partial charge in [0.05, 0.1) is 0 Å². The van der Waals surface area contributed by atoms with Crippen LogP contribution >= 0.6 is 0 Å². The zero-order valence-electron chi connectivity index (χ0n) is 7.17. The molecule has 0 saturated heterocycles. The van der Waals surface area contributed by atoms with Gasteiger partial charge >= 0.3 is 0 Å². The van der Waals surface area contributed by atoms with Crippen molar-refractivity contribution < 1.29 is 0 Å². The molecule has 1 atom stereocenters. The number of allylic oxidation sites excluding steroid dienone is 4. The van der Waals surface area contributed by atoms with Crippen LogP contribution < -0.4 is 5.73 Å². The van der Waals surface area contributed by atoms with Crippen LogP contribution in [0.1, 0.15) is 20.3 Å². The van der Waals surface area contributed by atoms with Gasteiger partial charge in [0.15, 0.2) is 0 Å². The number of nitrogens with two attached hydrogens (primary N) is 1. The zero-order valence-corrected chi connectivity index (χ0v) is 7.17. The van der Waals surface area contributed by atoms with Crippen LogP contribution in [-0.2, 0) is 0 Å². The van der Waals surface area contributed by atoms with E-state index >= 15 is 0 Å². The Balaban J connectivity index is 2.81. The second kappa shape index (κ2) is 3.54. The zero-order chi connectivity index (χ0) is 8.27. The van der Waals surface area contributed by atoms with Crippen molar-refractivity contribution in [3.63, 3.8) is 0 Å². The van der Waals surface area contributed by atoms with E-state index < -0.39 is 0 Å². The summed E-state index contributed by atoms with van der Waals surface area (Å²) in [4.78, 5) is 0. The van der Waals surface area contributed by atoms with E-state index in [1.54, 1.807) is 0 Å². The van der Waals surface area contributed by atoms with E-state index in [9.17, 15) is 0 Å². The minimum absolute atomic E-state index is 0.213. The largest absolute Gasteiger partial charge is 0.324 e. The summed E-state index contributed by atoms with van der Waals surface area (Å²) in [5, 5.41) is 0. The molecule has 0 spiro atoms. The van der Waals surface area contributed by atoms with Gasteiger partial charge in [-0.1, -0.05) is 24.3 Å². The van der Waals surface area contributed by atoms with Crippen LogP contribution in [0, 0.1) is 0 Å². The van der Waals surface area contributed by atoms with Crippen LogP contribution in [0.3, 0.4) is 0 Å². The molecule has 0 aliphatic heterocycles. The Kier molecular flexibility index (Phi) is 2.66. The molecule has 1 rings (SSSR count). The van der Waals surface area contributed by atoms with Gasteiger partial charge in [-0.2, -0.15) is 0 Å². The topological polar surface area (TPSA) is 26.0 Å². The first-order valence-corrected chi connectivity index (χ1v) is 4.01. The van der Waals surface area contributed by atoms with E-state index in [1.165, 1.54) is 11.1 Å². The normalized spacial score (nSPS) is 25.2. The van der Waals surface area contributed by atoms with Crippen molar-refractivity contribution in [3.05, 3.63) is 35.5 Å². The number of hydrogen-bond donors (Lipinski definition) is 1. The standard InChI is InChI=1S/C10H15N/c1-3-4-9-7-10(11)6-5-8(9)2/h3-5,7,10H,6,11H2,1-2H3/b4-3-. The Bertz CT molecular complexity index is 221. The summed E-state index contributed by atoms with van der Waals surface area (Å²) < 4.78 is 0. The summed E-state index contributed by atoms with van der Waals surface area (Å²) in [6.45, 7) is 4.14. The molecule has 1 nitrogen and oxygen atoms in total. The Hall–Kier alpha value is -0.820. The molecular weight excluding hydrogens is 134 g/mol. The monoisotopic (exact) mass is 149 g/mol. The molecule has 1 aliphatic rings. The Labute approximate surface area is 68.3 Å². The van der Waals surface area contributed by atoms with Gasteiger partial charge in [-0.25, -0.2) is 0 Å². The van der Waals surface area contributed by atoms with E-state index in [2.05, 4.69) is 25.2 Å². The highest BCUT2D eigenvalue weighted by molar-refractivity contribution is 5.41. The molecule has 2 N–H and O–H groups in total. The van der Waals surface area contributed by atoms with Crippen LogP contribution in [0.2, 0.25) is 0 Å².